The number of amides is 1. The Morgan fingerprint density at radius 2 is 1.60 bits per heavy atom. The van der Waals surface area contributed by atoms with E-state index in [4.69, 9.17) is 14.2 Å². The van der Waals surface area contributed by atoms with Crippen molar-refractivity contribution in [3.8, 4) is 0 Å². The van der Waals surface area contributed by atoms with E-state index in [2.05, 4.69) is 5.32 Å². The number of rotatable bonds is 7. The molecule has 1 aliphatic heterocycles. The summed E-state index contributed by atoms with van der Waals surface area (Å²) in [6.07, 6.45) is -7.16. The van der Waals surface area contributed by atoms with E-state index in [1.165, 1.54) is 6.92 Å². The Labute approximate surface area is 290 Å². The molecule has 6 rings (SSSR count). The average molecular weight is 692 g/mol. The Morgan fingerprint density at radius 1 is 0.980 bits per heavy atom. The molecule has 50 heavy (non-hydrogen) atoms. The van der Waals surface area contributed by atoms with Gasteiger partial charge >= 0.3 is 11.9 Å². The smallest absolute Gasteiger partial charge is 0.338 e. The zero-order valence-corrected chi connectivity index (χ0v) is 28.8. The highest BCUT2D eigenvalue weighted by Gasteiger charge is 2.74. The van der Waals surface area contributed by atoms with Gasteiger partial charge in [0, 0.05) is 30.1 Å². The van der Waals surface area contributed by atoms with E-state index in [0.717, 1.165) is 0 Å². The molecule has 0 aromatic heterocycles. The molecule has 1 heterocycles. The number of benzene rings is 2. The Kier molecular flexibility index (Phi) is 9.10. The number of Topliss-reactive ketones (excluding diaryl/α,β-unsaturated/α-hetero) is 1. The molecule has 0 radical (unpaired) electrons. The van der Waals surface area contributed by atoms with Gasteiger partial charge in [-0.2, -0.15) is 0 Å². The van der Waals surface area contributed by atoms with Crippen LogP contribution in [0.25, 0.3) is 0 Å². The van der Waals surface area contributed by atoms with E-state index in [1.807, 2.05) is 0 Å². The number of aliphatic hydroxyl groups is 4. The molecule has 12 nitrogen and oxygen atoms in total. The highest BCUT2D eigenvalue weighted by atomic mass is 16.6. The number of ketones is 1. The van der Waals surface area contributed by atoms with Crippen LogP contribution in [0.5, 0.6) is 0 Å². The van der Waals surface area contributed by atoms with Crippen LogP contribution in [0.2, 0.25) is 0 Å². The fourth-order valence-electron chi connectivity index (χ4n) is 8.97. The van der Waals surface area contributed by atoms with Gasteiger partial charge in [0.05, 0.1) is 24.3 Å². The zero-order chi connectivity index (χ0) is 36.4. The maximum atomic E-state index is 14.6. The molecule has 4 aliphatic rings. The lowest BCUT2D eigenvalue weighted by atomic mass is 9.45. The minimum absolute atomic E-state index is 0.0874. The summed E-state index contributed by atoms with van der Waals surface area (Å²) < 4.78 is 17.9. The monoisotopic (exact) mass is 691 g/mol. The van der Waals surface area contributed by atoms with Gasteiger partial charge in [-0.25, -0.2) is 9.59 Å². The van der Waals surface area contributed by atoms with Crippen LogP contribution in [-0.4, -0.2) is 92.4 Å². The van der Waals surface area contributed by atoms with Crippen LogP contribution in [0.4, 0.5) is 0 Å². The molecule has 5 N–H and O–H groups in total. The van der Waals surface area contributed by atoms with Crippen LogP contribution in [0.3, 0.4) is 0 Å². The SMILES string of the molecule is CC(=O)NC(c1ccccc1)C(O)C(=O)OC1CC2(O)C(OC(=O)c3ccccc3)C3[C@]4(O)COC4CC[C@@]3(C)C(=O)C(O)C(=C1C)C2(C)C. The van der Waals surface area contributed by atoms with Crippen molar-refractivity contribution >= 4 is 23.6 Å². The minimum atomic E-state index is -2.15. The molecule has 2 aromatic rings. The molecule has 3 aliphatic carbocycles. The Bertz CT molecular complexity index is 1710. The van der Waals surface area contributed by atoms with Crippen molar-refractivity contribution in [3.05, 3.63) is 82.9 Å². The summed E-state index contributed by atoms with van der Waals surface area (Å²) >= 11 is 0. The summed E-state index contributed by atoms with van der Waals surface area (Å²) in [5.41, 5.74) is -5.82. The van der Waals surface area contributed by atoms with E-state index < -0.39 is 88.1 Å². The first-order chi connectivity index (χ1) is 23.5. The first-order valence-corrected chi connectivity index (χ1v) is 16.9. The van der Waals surface area contributed by atoms with E-state index in [1.54, 1.807) is 88.4 Å². The third kappa shape index (κ3) is 5.48. The summed E-state index contributed by atoms with van der Waals surface area (Å²) in [7, 11) is 0. The lowest BCUT2D eigenvalue weighted by Gasteiger charge is -2.66. The van der Waals surface area contributed by atoms with E-state index in [0.29, 0.717) is 12.0 Å². The van der Waals surface area contributed by atoms with Crippen molar-refractivity contribution in [3.63, 3.8) is 0 Å². The second-order valence-electron chi connectivity index (χ2n) is 15.0. The number of aliphatic hydroxyl groups excluding tert-OH is 2. The summed E-state index contributed by atoms with van der Waals surface area (Å²) in [6, 6.07) is 15.3. The fourth-order valence-corrected chi connectivity index (χ4v) is 8.97. The van der Waals surface area contributed by atoms with Crippen LogP contribution in [-0.2, 0) is 28.6 Å². The van der Waals surface area contributed by atoms with Gasteiger partial charge in [0.15, 0.2) is 11.9 Å². The van der Waals surface area contributed by atoms with Gasteiger partial charge in [0.1, 0.15) is 29.5 Å². The van der Waals surface area contributed by atoms with Gasteiger partial charge in [-0.05, 0) is 48.6 Å². The Morgan fingerprint density at radius 3 is 2.18 bits per heavy atom. The quantitative estimate of drug-likeness (QED) is 0.212. The number of hydrogen-bond donors (Lipinski definition) is 5. The van der Waals surface area contributed by atoms with Crippen molar-refractivity contribution in [2.24, 2.45) is 16.7 Å². The van der Waals surface area contributed by atoms with Gasteiger partial charge in [0.2, 0.25) is 5.91 Å². The van der Waals surface area contributed by atoms with Crippen LogP contribution in [0, 0.1) is 16.7 Å². The largest absolute Gasteiger partial charge is 0.456 e. The van der Waals surface area contributed by atoms with Crippen molar-refractivity contribution in [1.29, 1.82) is 0 Å². The highest BCUT2D eigenvalue weighted by Crippen LogP contribution is 2.63. The van der Waals surface area contributed by atoms with Crippen LogP contribution in [0.15, 0.2) is 71.8 Å². The van der Waals surface area contributed by atoms with Gasteiger partial charge in [-0.15, -0.1) is 0 Å². The predicted molar refractivity (Wildman–Crippen MR) is 177 cm³/mol. The number of fused-ring (bicyclic) bond motifs is 5. The second kappa shape index (κ2) is 12.7. The van der Waals surface area contributed by atoms with Gasteiger partial charge in [0.25, 0.3) is 0 Å². The van der Waals surface area contributed by atoms with Gasteiger partial charge < -0.3 is 40.0 Å². The zero-order valence-electron chi connectivity index (χ0n) is 28.8. The van der Waals surface area contributed by atoms with Gasteiger partial charge in [-0.1, -0.05) is 69.3 Å². The van der Waals surface area contributed by atoms with Crippen molar-refractivity contribution < 1.29 is 53.8 Å². The third-order valence-corrected chi connectivity index (χ3v) is 11.8. The molecule has 2 aromatic carbocycles. The molecular formula is C38H45NO11. The third-order valence-electron chi connectivity index (χ3n) is 11.8. The molecular weight excluding hydrogens is 646 g/mol. The summed E-state index contributed by atoms with van der Waals surface area (Å²) in [4.78, 5) is 54.2. The number of carbonyl (C=O) groups is 4. The maximum absolute atomic E-state index is 14.6. The van der Waals surface area contributed by atoms with E-state index >= 15 is 0 Å². The molecule has 2 saturated carbocycles. The Hall–Kier alpha value is -3.94. The normalized spacial score (nSPS) is 35.5. The van der Waals surface area contributed by atoms with E-state index in [9.17, 15) is 39.6 Å². The number of hydrogen-bond acceptors (Lipinski definition) is 11. The van der Waals surface area contributed by atoms with Crippen molar-refractivity contribution in [1.82, 2.24) is 5.32 Å². The number of carbonyl (C=O) groups excluding carboxylic acids is 4. The van der Waals surface area contributed by atoms with E-state index in [-0.39, 0.29) is 36.2 Å². The molecule has 1 amide bonds. The number of ether oxygens (including phenoxy) is 3. The summed E-state index contributed by atoms with van der Waals surface area (Å²) in [5.74, 6) is -4.31. The average Bonchev–Trinajstić information content (AvgIpc) is 3.07. The van der Waals surface area contributed by atoms with Crippen molar-refractivity contribution in [2.45, 2.75) is 102 Å². The first-order valence-electron chi connectivity index (χ1n) is 16.9. The molecule has 2 bridgehead atoms. The second-order valence-corrected chi connectivity index (χ2v) is 15.0. The molecule has 0 spiro atoms. The standard InChI is InChI=1S/C38H45NO11/c1-20-24(49-34(45)29(42)27(39-21(2)40)22-12-8-6-9-13-22)18-38(47)32(50-33(44)23-14-10-7-11-15-23)30-36(5,17-16-25-37(30,46)19-48-25)31(43)28(41)26(20)35(38,3)4/h6-15,24-25,27-30,32,41-42,46-47H,16-19H2,1-5H3,(H,39,40)/t24?,25?,27?,28?,29?,30?,32?,36-,37+,38?/m1/s1. The highest BCUT2D eigenvalue weighted by molar-refractivity contribution is 5.93. The summed E-state index contributed by atoms with van der Waals surface area (Å²) in [6.45, 7) is 7.49. The van der Waals surface area contributed by atoms with Crippen molar-refractivity contribution in [2.75, 3.05) is 6.61 Å². The van der Waals surface area contributed by atoms with Gasteiger partial charge in [-0.3, -0.25) is 9.59 Å². The maximum Gasteiger partial charge on any atom is 0.338 e. The molecule has 3 fully saturated rings. The molecule has 8 unspecified atom stereocenters. The molecule has 10 atom stereocenters. The Balaban J connectivity index is 1.46. The minimum Gasteiger partial charge on any atom is -0.456 e. The lowest BCUT2D eigenvalue weighted by Crippen LogP contribution is -2.78. The lowest BCUT2D eigenvalue weighted by molar-refractivity contribution is -0.329. The van der Waals surface area contributed by atoms with Crippen LogP contribution < -0.4 is 5.32 Å². The molecule has 12 heteroatoms. The number of esters is 2. The number of nitrogens with one attached hydrogen (secondary N) is 1. The summed E-state index contributed by atoms with van der Waals surface area (Å²) in [5, 5.41) is 51.1. The van der Waals surface area contributed by atoms with Crippen LogP contribution >= 0.6 is 0 Å². The predicted octanol–water partition coefficient (Wildman–Crippen LogP) is 2.33. The fraction of sp³-hybridized carbons (Fsp3) is 0.526. The molecule has 1 saturated heterocycles. The topological polar surface area (TPSA) is 189 Å². The first kappa shape index (κ1) is 35.9. The van der Waals surface area contributed by atoms with Crippen LogP contribution in [0.1, 0.15) is 75.8 Å². The molecule has 268 valence electrons.